The normalized spacial score (nSPS) is 26.1. The molecule has 0 aliphatic carbocycles. The predicted molar refractivity (Wildman–Crippen MR) is 59.4 cm³/mol. The summed E-state index contributed by atoms with van der Waals surface area (Å²) in [5.41, 5.74) is -0.394. The first-order valence-corrected chi connectivity index (χ1v) is 6.63. The van der Waals surface area contributed by atoms with Crippen molar-refractivity contribution >= 4 is 10.0 Å². The summed E-state index contributed by atoms with van der Waals surface area (Å²) in [6.45, 7) is 3.40. The largest absolute Gasteiger partial charge is 0.315 e. The van der Waals surface area contributed by atoms with Crippen LogP contribution in [0.2, 0.25) is 0 Å². The van der Waals surface area contributed by atoms with Gasteiger partial charge in [0.25, 0.3) is 0 Å². The van der Waals surface area contributed by atoms with Gasteiger partial charge in [0, 0.05) is 25.3 Å². The van der Waals surface area contributed by atoms with Crippen LogP contribution < -0.4 is 10.0 Å². The van der Waals surface area contributed by atoms with Gasteiger partial charge in [-0.15, -0.1) is 0 Å². The molecule has 1 aliphatic heterocycles. The van der Waals surface area contributed by atoms with E-state index in [1.54, 1.807) is 7.05 Å². The molecule has 1 aromatic rings. The number of sulfonamides is 1. The number of nitrogens with one attached hydrogen (secondary N) is 2. The van der Waals surface area contributed by atoms with Gasteiger partial charge in [-0.25, -0.2) is 13.1 Å². The highest BCUT2D eigenvalue weighted by molar-refractivity contribution is 7.89. The molecule has 2 rings (SSSR count). The molecule has 6 nitrogen and oxygen atoms in total. The lowest BCUT2D eigenvalue weighted by molar-refractivity contribution is 0.452. The van der Waals surface area contributed by atoms with Crippen LogP contribution in [0.5, 0.6) is 0 Å². The van der Waals surface area contributed by atoms with E-state index in [0.717, 1.165) is 13.0 Å². The Hall–Kier alpha value is -0.920. The van der Waals surface area contributed by atoms with Crippen molar-refractivity contribution in [3.05, 3.63) is 12.4 Å². The minimum absolute atomic E-state index is 0.211. The number of hydrogen-bond acceptors (Lipinski definition) is 4. The second-order valence-electron chi connectivity index (χ2n) is 4.44. The van der Waals surface area contributed by atoms with Crippen molar-refractivity contribution < 1.29 is 8.42 Å². The van der Waals surface area contributed by atoms with E-state index in [2.05, 4.69) is 15.1 Å². The topological polar surface area (TPSA) is 76.0 Å². The fraction of sp³-hybridized carbons (Fsp3) is 0.667. The first kappa shape index (κ1) is 11.6. The lowest BCUT2D eigenvalue weighted by Crippen LogP contribution is -2.47. The van der Waals surface area contributed by atoms with Crippen LogP contribution in [0.4, 0.5) is 0 Å². The maximum absolute atomic E-state index is 12.0. The van der Waals surface area contributed by atoms with Crippen molar-refractivity contribution in [1.29, 1.82) is 0 Å². The third kappa shape index (κ3) is 2.26. The minimum Gasteiger partial charge on any atom is -0.315 e. The molecule has 0 aromatic carbocycles. The SMILES string of the molecule is Cn1cc(S(=O)(=O)NC2(C)CCNC2)cn1. The molecule has 2 heterocycles. The first-order chi connectivity index (χ1) is 7.41. The molecule has 90 valence electrons. The van der Waals surface area contributed by atoms with Gasteiger partial charge in [0.2, 0.25) is 10.0 Å². The average molecular weight is 244 g/mol. The van der Waals surface area contributed by atoms with Crippen LogP contribution in [-0.2, 0) is 17.1 Å². The standard InChI is InChI=1S/C9H16N4O2S/c1-9(3-4-10-7-9)12-16(14,15)8-5-11-13(2)6-8/h5-6,10,12H,3-4,7H2,1-2H3. The van der Waals surface area contributed by atoms with Crippen LogP contribution in [0.1, 0.15) is 13.3 Å². The van der Waals surface area contributed by atoms with Crippen LogP contribution in [-0.4, -0.2) is 36.8 Å². The Morgan fingerprint density at radius 2 is 2.38 bits per heavy atom. The first-order valence-electron chi connectivity index (χ1n) is 5.15. The Balaban J connectivity index is 2.20. The van der Waals surface area contributed by atoms with Crippen molar-refractivity contribution in [2.24, 2.45) is 7.05 Å². The second-order valence-corrected chi connectivity index (χ2v) is 6.13. The smallest absolute Gasteiger partial charge is 0.244 e. The number of aryl methyl sites for hydroxylation is 1. The highest BCUT2D eigenvalue weighted by Gasteiger charge is 2.33. The molecule has 1 aromatic heterocycles. The van der Waals surface area contributed by atoms with Crippen LogP contribution in [0, 0.1) is 0 Å². The van der Waals surface area contributed by atoms with Crippen molar-refractivity contribution in [3.8, 4) is 0 Å². The van der Waals surface area contributed by atoms with Gasteiger partial charge in [-0.1, -0.05) is 0 Å². The highest BCUT2D eigenvalue weighted by atomic mass is 32.2. The number of aromatic nitrogens is 2. The number of nitrogens with zero attached hydrogens (tertiary/aromatic N) is 2. The third-order valence-corrected chi connectivity index (χ3v) is 4.33. The van der Waals surface area contributed by atoms with E-state index >= 15 is 0 Å². The third-order valence-electron chi connectivity index (χ3n) is 2.74. The average Bonchev–Trinajstić information content (AvgIpc) is 2.74. The maximum atomic E-state index is 12.0. The summed E-state index contributed by atoms with van der Waals surface area (Å²) in [7, 11) is -1.76. The Bertz CT molecular complexity index is 473. The molecular weight excluding hydrogens is 228 g/mol. The molecule has 1 atom stereocenters. The van der Waals surface area contributed by atoms with E-state index in [0.29, 0.717) is 6.54 Å². The van der Waals surface area contributed by atoms with Crippen LogP contribution in [0.15, 0.2) is 17.3 Å². The van der Waals surface area contributed by atoms with E-state index in [4.69, 9.17) is 0 Å². The number of rotatable bonds is 3. The van der Waals surface area contributed by atoms with Gasteiger partial charge in [0.1, 0.15) is 4.90 Å². The molecule has 1 fully saturated rings. The fourth-order valence-electron chi connectivity index (χ4n) is 1.82. The highest BCUT2D eigenvalue weighted by Crippen LogP contribution is 2.17. The lowest BCUT2D eigenvalue weighted by atomic mass is 10.0. The molecule has 1 saturated heterocycles. The van der Waals surface area contributed by atoms with Crippen LogP contribution in [0.3, 0.4) is 0 Å². The Labute approximate surface area is 95.1 Å². The van der Waals surface area contributed by atoms with Crippen molar-refractivity contribution in [3.63, 3.8) is 0 Å². The van der Waals surface area contributed by atoms with Crippen molar-refractivity contribution in [1.82, 2.24) is 19.8 Å². The van der Waals surface area contributed by atoms with Gasteiger partial charge in [-0.2, -0.15) is 5.10 Å². The zero-order chi connectivity index (χ0) is 11.8. The summed E-state index contributed by atoms with van der Waals surface area (Å²) in [6.07, 6.45) is 3.65. The summed E-state index contributed by atoms with van der Waals surface area (Å²) in [6, 6.07) is 0. The Kier molecular flexibility index (Phi) is 2.77. The molecule has 2 N–H and O–H groups in total. The number of hydrogen-bond donors (Lipinski definition) is 2. The van der Waals surface area contributed by atoms with Crippen LogP contribution in [0.25, 0.3) is 0 Å². The molecule has 1 aliphatic rings. The molecule has 0 amide bonds. The predicted octanol–water partition coefficient (Wildman–Crippen LogP) is -0.550. The lowest BCUT2D eigenvalue weighted by Gasteiger charge is -2.23. The van der Waals surface area contributed by atoms with Gasteiger partial charge in [-0.3, -0.25) is 4.68 Å². The van der Waals surface area contributed by atoms with E-state index in [1.165, 1.54) is 17.1 Å². The molecule has 7 heteroatoms. The molecule has 0 spiro atoms. The Morgan fingerprint density at radius 1 is 1.62 bits per heavy atom. The van der Waals surface area contributed by atoms with E-state index < -0.39 is 15.6 Å². The minimum atomic E-state index is -3.45. The molecule has 0 radical (unpaired) electrons. The van der Waals surface area contributed by atoms with E-state index in [9.17, 15) is 8.42 Å². The summed E-state index contributed by atoms with van der Waals surface area (Å²) >= 11 is 0. The summed E-state index contributed by atoms with van der Waals surface area (Å²) in [5.74, 6) is 0. The zero-order valence-corrected chi connectivity index (χ0v) is 10.2. The van der Waals surface area contributed by atoms with Crippen molar-refractivity contribution in [2.45, 2.75) is 23.8 Å². The Morgan fingerprint density at radius 3 is 2.88 bits per heavy atom. The van der Waals surface area contributed by atoms with Gasteiger partial charge < -0.3 is 5.32 Å². The summed E-state index contributed by atoms with van der Waals surface area (Å²) in [4.78, 5) is 0.211. The second kappa shape index (κ2) is 3.83. The molecule has 16 heavy (non-hydrogen) atoms. The summed E-state index contributed by atoms with van der Waals surface area (Å²) in [5, 5.41) is 7.01. The molecule has 1 unspecified atom stereocenters. The van der Waals surface area contributed by atoms with Gasteiger partial charge in [0.05, 0.1) is 6.20 Å². The maximum Gasteiger partial charge on any atom is 0.244 e. The van der Waals surface area contributed by atoms with Gasteiger partial charge in [0.15, 0.2) is 0 Å². The van der Waals surface area contributed by atoms with Crippen molar-refractivity contribution in [2.75, 3.05) is 13.1 Å². The summed E-state index contributed by atoms with van der Waals surface area (Å²) < 4.78 is 28.2. The molecule has 0 saturated carbocycles. The van der Waals surface area contributed by atoms with E-state index in [1.807, 2.05) is 6.92 Å². The quantitative estimate of drug-likeness (QED) is 0.748. The molecule has 0 bridgehead atoms. The fourth-order valence-corrected chi connectivity index (χ4v) is 3.24. The zero-order valence-electron chi connectivity index (χ0n) is 9.40. The monoisotopic (exact) mass is 244 g/mol. The molecular formula is C9H16N4O2S. The van der Waals surface area contributed by atoms with E-state index in [-0.39, 0.29) is 4.90 Å². The van der Waals surface area contributed by atoms with Crippen LogP contribution >= 0.6 is 0 Å². The van der Waals surface area contributed by atoms with Gasteiger partial charge >= 0.3 is 0 Å². The van der Waals surface area contributed by atoms with Gasteiger partial charge in [-0.05, 0) is 19.9 Å².